The number of aromatic nitrogens is 3. The van der Waals surface area contributed by atoms with E-state index in [2.05, 4.69) is 57.6 Å². The predicted molar refractivity (Wildman–Crippen MR) is 148 cm³/mol. The monoisotopic (exact) mass is 562 g/mol. The lowest BCUT2D eigenvalue weighted by atomic mass is 9.92. The molecule has 3 N–H and O–H groups in total. The molecule has 0 radical (unpaired) electrons. The zero-order valence-corrected chi connectivity index (χ0v) is 22.2. The molecule has 2 aromatic heterocycles. The number of halogens is 1. The molecular weight excluding hydrogens is 536 g/mol. The van der Waals surface area contributed by atoms with Crippen molar-refractivity contribution in [1.82, 2.24) is 14.8 Å². The minimum absolute atomic E-state index is 0.141. The maximum Gasteiger partial charge on any atom is 0.324 e. The number of hydrogen-bond donors (Lipinski definition) is 3. The van der Waals surface area contributed by atoms with E-state index in [0.29, 0.717) is 28.7 Å². The largest absolute Gasteiger partial charge is 0.457 e. The topological polar surface area (TPSA) is 110 Å². The van der Waals surface area contributed by atoms with Gasteiger partial charge in [0.25, 0.3) is 0 Å². The van der Waals surface area contributed by atoms with E-state index in [1.54, 1.807) is 65.6 Å². The molecule has 0 fully saturated rings. The third-order valence-electron chi connectivity index (χ3n) is 5.23. The predicted octanol–water partition coefficient (Wildman–Crippen LogP) is 6.33. The molecule has 190 valence electrons. The number of urea groups is 1. The summed E-state index contributed by atoms with van der Waals surface area (Å²) in [7, 11) is 0. The molecule has 0 atom stereocenters. The highest BCUT2D eigenvalue weighted by atomic mass is 79.9. The van der Waals surface area contributed by atoms with Crippen molar-refractivity contribution in [2.75, 3.05) is 21.3 Å². The highest BCUT2D eigenvalue weighted by Crippen LogP contribution is 2.27. The van der Waals surface area contributed by atoms with Crippen molar-refractivity contribution in [3.05, 3.63) is 84.8 Å². The van der Waals surface area contributed by atoms with Gasteiger partial charge in [0, 0.05) is 35.2 Å². The molecule has 9 nitrogen and oxygen atoms in total. The van der Waals surface area contributed by atoms with Crippen LogP contribution in [0.25, 0.3) is 5.69 Å². The Labute approximate surface area is 223 Å². The summed E-state index contributed by atoms with van der Waals surface area (Å²) in [5, 5.41) is 13.5. The Bertz CT molecular complexity index is 1360. The lowest BCUT2D eigenvalue weighted by Gasteiger charge is -2.14. The van der Waals surface area contributed by atoms with E-state index in [0.717, 1.165) is 11.4 Å². The fourth-order valence-corrected chi connectivity index (χ4v) is 3.48. The number of carbonyl (C=O) groups is 2. The summed E-state index contributed by atoms with van der Waals surface area (Å²) >= 11 is 3.14. The van der Waals surface area contributed by atoms with Crippen molar-refractivity contribution in [3.8, 4) is 17.2 Å². The van der Waals surface area contributed by atoms with Gasteiger partial charge < -0.3 is 15.4 Å². The van der Waals surface area contributed by atoms with Crippen LogP contribution in [0.4, 0.5) is 22.0 Å². The van der Waals surface area contributed by atoms with Crippen LogP contribution in [0.3, 0.4) is 0 Å². The standard InChI is InChI=1S/C27H27BrN6O3/c1-27(2,3)23-16-24(34(33-23)20-8-4-18(5-9-20)30-25(35)17-28)32-26(36)31-19-6-10-21(11-7-19)37-22-12-14-29-15-13-22/h4-16H,17H2,1-3H3,(H,30,35)(H2,31,32,36). The molecule has 4 aromatic rings. The molecule has 0 bridgehead atoms. The van der Waals surface area contributed by atoms with Crippen LogP contribution >= 0.6 is 15.9 Å². The third kappa shape index (κ3) is 6.95. The zero-order valence-electron chi connectivity index (χ0n) is 20.7. The molecule has 0 saturated heterocycles. The van der Waals surface area contributed by atoms with E-state index < -0.39 is 6.03 Å². The Balaban J connectivity index is 1.48. The molecule has 10 heteroatoms. The van der Waals surface area contributed by atoms with Crippen molar-refractivity contribution < 1.29 is 14.3 Å². The fraction of sp³-hybridized carbons (Fsp3) is 0.185. The zero-order chi connectivity index (χ0) is 26.4. The van der Waals surface area contributed by atoms with Crippen molar-refractivity contribution in [1.29, 1.82) is 0 Å². The SMILES string of the molecule is CC(C)(C)c1cc(NC(=O)Nc2ccc(Oc3ccncc3)cc2)n(-c2ccc(NC(=O)CBr)cc2)n1. The highest BCUT2D eigenvalue weighted by Gasteiger charge is 2.21. The van der Waals surface area contributed by atoms with E-state index in [9.17, 15) is 9.59 Å². The summed E-state index contributed by atoms with van der Waals surface area (Å²) in [6, 6.07) is 19.3. The molecule has 0 aliphatic heterocycles. The van der Waals surface area contributed by atoms with Crippen molar-refractivity contribution in [2.45, 2.75) is 26.2 Å². The van der Waals surface area contributed by atoms with E-state index in [4.69, 9.17) is 9.84 Å². The number of nitrogens with one attached hydrogen (secondary N) is 3. The maximum atomic E-state index is 12.9. The number of hydrogen-bond acceptors (Lipinski definition) is 5. The quantitative estimate of drug-likeness (QED) is 0.228. The van der Waals surface area contributed by atoms with Crippen LogP contribution < -0.4 is 20.7 Å². The average Bonchev–Trinajstić information content (AvgIpc) is 3.30. The molecule has 0 aliphatic carbocycles. The van der Waals surface area contributed by atoms with E-state index in [-0.39, 0.29) is 16.7 Å². The number of pyridine rings is 1. The average molecular weight is 563 g/mol. The summed E-state index contributed by atoms with van der Waals surface area (Å²) in [5.41, 5.74) is 2.60. The number of nitrogens with zero attached hydrogens (tertiary/aromatic N) is 3. The van der Waals surface area contributed by atoms with Crippen LogP contribution in [0.1, 0.15) is 26.5 Å². The summed E-state index contributed by atoms with van der Waals surface area (Å²) in [6.45, 7) is 6.16. The van der Waals surface area contributed by atoms with Crippen LogP contribution in [-0.2, 0) is 10.2 Å². The van der Waals surface area contributed by atoms with E-state index in [1.807, 2.05) is 18.2 Å². The molecule has 37 heavy (non-hydrogen) atoms. The molecule has 3 amide bonds. The Morgan fingerprint density at radius 1 is 0.865 bits per heavy atom. The number of rotatable bonds is 7. The number of alkyl halides is 1. The first-order chi connectivity index (χ1) is 17.7. The third-order valence-corrected chi connectivity index (χ3v) is 5.74. The van der Waals surface area contributed by atoms with Crippen LogP contribution in [0.15, 0.2) is 79.1 Å². The van der Waals surface area contributed by atoms with Crippen molar-refractivity contribution in [2.24, 2.45) is 0 Å². The van der Waals surface area contributed by atoms with Gasteiger partial charge in [0.05, 0.1) is 16.7 Å². The molecule has 0 spiro atoms. The Kier molecular flexibility index (Phi) is 7.88. The number of carbonyl (C=O) groups excluding carboxylic acids is 2. The van der Waals surface area contributed by atoms with Gasteiger partial charge >= 0.3 is 6.03 Å². The summed E-state index contributed by atoms with van der Waals surface area (Å²) in [6.07, 6.45) is 3.31. The van der Waals surface area contributed by atoms with Crippen LogP contribution in [0, 0.1) is 0 Å². The molecule has 0 unspecified atom stereocenters. The van der Waals surface area contributed by atoms with Gasteiger partial charge in [0.1, 0.15) is 17.3 Å². The van der Waals surface area contributed by atoms with Crippen molar-refractivity contribution >= 4 is 45.1 Å². The number of ether oxygens (including phenoxy) is 1. The van der Waals surface area contributed by atoms with Gasteiger partial charge in [-0.3, -0.25) is 15.1 Å². The first kappa shape index (κ1) is 25.9. The molecular formula is C27H27BrN6O3. The van der Waals surface area contributed by atoms with Crippen LogP contribution in [-0.4, -0.2) is 32.0 Å². The van der Waals surface area contributed by atoms with Gasteiger partial charge in [-0.1, -0.05) is 36.7 Å². The lowest BCUT2D eigenvalue weighted by molar-refractivity contribution is -0.113. The van der Waals surface area contributed by atoms with Crippen molar-refractivity contribution in [3.63, 3.8) is 0 Å². The second kappa shape index (κ2) is 11.3. The highest BCUT2D eigenvalue weighted by molar-refractivity contribution is 9.09. The Morgan fingerprint density at radius 3 is 2.08 bits per heavy atom. The molecule has 4 rings (SSSR count). The first-order valence-electron chi connectivity index (χ1n) is 11.5. The van der Waals surface area contributed by atoms with Gasteiger partial charge in [-0.25, -0.2) is 9.48 Å². The fourth-order valence-electron chi connectivity index (χ4n) is 3.34. The van der Waals surface area contributed by atoms with Crippen LogP contribution in [0.5, 0.6) is 11.5 Å². The second-order valence-electron chi connectivity index (χ2n) is 9.19. The van der Waals surface area contributed by atoms with E-state index in [1.165, 1.54) is 0 Å². The van der Waals surface area contributed by atoms with Gasteiger partial charge in [-0.15, -0.1) is 0 Å². The van der Waals surface area contributed by atoms with Gasteiger partial charge in [-0.2, -0.15) is 5.10 Å². The second-order valence-corrected chi connectivity index (χ2v) is 9.75. The number of amides is 3. The minimum atomic E-state index is -0.411. The molecule has 2 aromatic carbocycles. The van der Waals surface area contributed by atoms with Gasteiger partial charge in [0.2, 0.25) is 5.91 Å². The molecule has 0 aliphatic rings. The summed E-state index contributed by atoms with van der Waals surface area (Å²) < 4.78 is 7.43. The van der Waals surface area contributed by atoms with Gasteiger partial charge in [-0.05, 0) is 60.7 Å². The number of anilines is 3. The summed E-state index contributed by atoms with van der Waals surface area (Å²) in [4.78, 5) is 28.5. The smallest absolute Gasteiger partial charge is 0.324 e. The normalized spacial score (nSPS) is 11.0. The number of benzene rings is 2. The Morgan fingerprint density at radius 2 is 1.46 bits per heavy atom. The van der Waals surface area contributed by atoms with Crippen LogP contribution in [0.2, 0.25) is 0 Å². The molecule has 2 heterocycles. The minimum Gasteiger partial charge on any atom is -0.457 e. The lowest BCUT2D eigenvalue weighted by Crippen LogP contribution is -2.21. The molecule has 0 saturated carbocycles. The first-order valence-corrected chi connectivity index (χ1v) is 12.7. The Hall–Kier alpha value is -4.18. The van der Waals surface area contributed by atoms with E-state index >= 15 is 0 Å². The maximum absolute atomic E-state index is 12.9. The van der Waals surface area contributed by atoms with Gasteiger partial charge in [0.15, 0.2) is 0 Å². The summed E-state index contributed by atoms with van der Waals surface area (Å²) in [5.74, 6) is 1.69.